The number of aromatic nitrogens is 1. The van der Waals surface area contributed by atoms with E-state index in [1.54, 1.807) is 40.8 Å². The van der Waals surface area contributed by atoms with Gasteiger partial charge in [0.25, 0.3) is 11.5 Å². The molecule has 1 heterocycles. The average Bonchev–Trinajstić information content (AvgIpc) is 2.72. The van der Waals surface area contributed by atoms with Crippen molar-refractivity contribution in [3.05, 3.63) is 69.0 Å². The van der Waals surface area contributed by atoms with E-state index in [4.69, 9.17) is 16.3 Å². The molecule has 1 aromatic heterocycles. The van der Waals surface area contributed by atoms with E-state index in [-0.39, 0.29) is 17.4 Å². The Morgan fingerprint density at radius 2 is 1.90 bits per heavy atom. The molecule has 152 valence electrons. The van der Waals surface area contributed by atoms with Crippen LogP contribution in [0.5, 0.6) is 5.75 Å². The van der Waals surface area contributed by atoms with Gasteiger partial charge in [-0.3, -0.25) is 9.59 Å². The Hall–Kier alpha value is -2.79. The molecule has 0 radical (unpaired) electrons. The van der Waals surface area contributed by atoms with Crippen molar-refractivity contribution in [3.63, 3.8) is 0 Å². The molecule has 0 saturated heterocycles. The highest BCUT2D eigenvalue weighted by Crippen LogP contribution is 2.30. The van der Waals surface area contributed by atoms with Crippen molar-refractivity contribution < 1.29 is 9.53 Å². The second kappa shape index (κ2) is 8.29. The lowest BCUT2D eigenvalue weighted by Crippen LogP contribution is -2.26. The Labute approximate surface area is 175 Å². The van der Waals surface area contributed by atoms with Crippen LogP contribution in [-0.2, 0) is 6.54 Å². The Morgan fingerprint density at radius 3 is 2.52 bits per heavy atom. The van der Waals surface area contributed by atoms with Crippen LogP contribution in [0.15, 0.2) is 47.3 Å². The van der Waals surface area contributed by atoms with Crippen LogP contribution in [0.25, 0.3) is 10.9 Å². The summed E-state index contributed by atoms with van der Waals surface area (Å²) in [6.45, 7) is 6.66. The Bertz CT molecular complexity index is 1130. The van der Waals surface area contributed by atoms with Crippen LogP contribution in [0.2, 0.25) is 5.02 Å². The highest BCUT2D eigenvalue weighted by molar-refractivity contribution is 6.32. The van der Waals surface area contributed by atoms with Gasteiger partial charge in [0, 0.05) is 36.3 Å². The van der Waals surface area contributed by atoms with Crippen LogP contribution in [0.4, 0.5) is 5.69 Å². The lowest BCUT2D eigenvalue weighted by Gasteiger charge is -2.21. The highest BCUT2D eigenvalue weighted by atomic mass is 35.5. The molecule has 0 aliphatic heterocycles. The van der Waals surface area contributed by atoms with Gasteiger partial charge in [-0.25, -0.2) is 0 Å². The first-order valence-corrected chi connectivity index (χ1v) is 9.95. The van der Waals surface area contributed by atoms with E-state index < -0.39 is 0 Å². The van der Waals surface area contributed by atoms with Crippen molar-refractivity contribution in [2.75, 3.05) is 19.1 Å². The SMILES string of the molecule is CCn1c(=O)cc(C(C)C)c2cc(N(C)C(=O)c3ccc(Cl)c(OC)c3)ccc21. The number of fused-ring (bicyclic) bond motifs is 1. The molecule has 0 spiro atoms. The molecule has 0 aliphatic rings. The van der Waals surface area contributed by atoms with Crippen LogP contribution >= 0.6 is 11.6 Å². The number of methoxy groups -OCH3 is 1. The van der Waals surface area contributed by atoms with Gasteiger partial charge >= 0.3 is 0 Å². The third-order valence-electron chi connectivity index (χ3n) is 5.16. The first-order chi connectivity index (χ1) is 13.8. The minimum atomic E-state index is -0.172. The molecule has 0 fully saturated rings. The second-order valence-corrected chi connectivity index (χ2v) is 7.66. The Kier molecular flexibility index (Phi) is 5.99. The molecule has 5 nitrogen and oxygen atoms in total. The number of rotatable bonds is 5. The van der Waals surface area contributed by atoms with Gasteiger partial charge in [0.05, 0.1) is 17.6 Å². The predicted octanol–water partition coefficient (Wildman–Crippen LogP) is 5.08. The molecule has 0 unspecified atom stereocenters. The number of hydrogen-bond acceptors (Lipinski definition) is 3. The summed E-state index contributed by atoms with van der Waals surface area (Å²) in [6, 6.07) is 12.4. The van der Waals surface area contributed by atoms with Gasteiger partial charge in [-0.15, -0.1) is 0 Å². The number of pyridine rings is 1. The summed E-state index contributed by atoms with van der Waals surface area (Å²) in [4.78, 5) is 27.1. The average molecular weight is 413 g/mol. The molecule has 0 atom stereocenters. The van der Waals surface area contributed by atoms with E-state index in [1.807, 2.05) is 25.1 Å². The quantitative estimate of drug-likeness (QED) is 0.587. The zero-order valence-electron chi connectivity index (χ0n) is 17.3. The number of aryl methyl sites for hydroxylation is 1. The number of benzene rings is 2. The van der Waals surface area contributed by atoms with Crippen molar-refractivity contribution in [3.8, 4) is 5.75 Å². The van der Waals surface area contributed by atoms with Gasteiger partial charge in [0.15, 0.2) is 0 Å². The number of nitrogens with zero attached hydrogens (tertiary/aromatic N) is 2. The molecule has 3 aromatic rings. The molecule has 0 bridgehead atoms. The molecule has 0 saturated carbocycles. The van der Waals surface area contributed by atoms with Crippen LogP contribution in [0.3, 0.4) is 0 Å². The van der Waals surface area contributed by atoms with E-state index in [1.165, 1.54) is 7.11 Å². The molecule has 2 aromatic carbocycles. The fourth-order valence-electron chi connectivity index (χ4n) is 3.51. The number of carbonyl (C=O) groups excluding carboxylic acids is 1. The van der Waals surface area contributed by atoms with Gasteiger partial charge in [-0.2, -0.15) is 0 Å². The second-order valence-electron chi connectivity index (χ2n) is 7.25. The Balaban J connectivity index is 2.10. The molecular formula is C23H25ClN2O3. The van der Waals surface area contributed by atoms with Crippen LogP contribution < -0.4 is 15.2 Å². The maximum Gasteiger partial charge on any atom is 0.258 e. The summed E-state index contributed by atoms with van der Waals surface area (Å²) in [5, 5.41) is 1.43. The van der Waals surface area contributed by atoms with Gasteiger partial charge in [0.2, 0.25) is 0 Å². The van der Waals surface area contributed by atoms with E-state index in [2.05, 4.69) is 13.8 Å². The third-order valence-corrected chi connectivity index (χ3v) is 5.47. The zero-order valence-corrected chi connectivity index (χ0v) is 18.1. The molecule has 29 heavy (non-hydrogen) atoms. The molecule has 1 amide bonds. The topological polar surface area (TPSA) is 51.5 Å². The normalized spacial score (nSPS) is 11.1. The number of amides is 1. The summed E-state index contributed by atoms with van der Waals surface area (Å²) in [6.07, 6.45) is 0. The summed E-state index contributed by atoms with van der Waals surface area (Å²) in [7, 11) is 3.25. The molecule has 3 rings (SSSR count). The van der Waals surface area contributed by atoms with Gasteiger partial charge in [-0.1, -0.05) is 25.4 Å². The fraction of sp³-hybridized carbons (Fsp3) is 0.304. The standard InChI is InChI=1S/C23H25ClN2O3/c1-6-26-20-10-8-16(12-18(20)17(14(2)3)13-22(26)27)25(4)23(28)15-7-9-19(24)21(11-15)29-5/h7-14H,6H2,1-5H3. The number of anilines is 1. The fourth-order valence-corrected chi connectivity index (χ4v) is 3.71. The summed E-state index contributed by atoms with van der Waals surface area (Å²) in [5.41, 5.74) is 3.08. The zero-order chi connectivity index (χ0) is 21.3. The smallest absolute Gasteiger partial charge is 0.258 e. The number of carbonyl (C=O) groups is 1. The van der Waals surface area contributed by atoms with Gasteiger partial charge < -0.3 is 14.2 Å². The monoisotopic (exact) mass is 412 g/mol. The predicted molar refractivity (Wildman–Crippen MR) is 119 cm³/mol. The van der Waals surface area contributed by atoms with E-state index in [0.717, 1.165) is 22.2 Å². The molecule has 6 heteroatoms. The van der Waals surface area contributed by atoms with E-state index in [0.29, 0.717) is 22.9 Å². The van der Waals surface area contributed by atoms with E-state index in [9.17, 15) is 9.59 Å². The minimum Gasteiger partial charge on any atom is -0.495 e. The first kappa shape index (κ1) is 20.9. The summed E-state index contributed by atoms with van der Waals surface area (Å²) in [5.74, 6) is 0.473. The number of hydrogen-bond donors (Lipinski definition) is 0. The lowest BCUT2D eigenvalue weighted by atomic mass is 9.98. The maximum absolute atomic E-state index is 13.0. The molecule has 0 N–H and O–H groups in total. The van der Waals surface area contributed by atoms with E-state index >= 15 is 0 Å². The first-order valence-electron chi connectivity index (χ1n) is 9.57. The maximum atomic E-state index is 13.0. The Morgan fingerprint density at radius 1 is 1.17 bits per heavy atom. The van der Waals surface area contributed by atoms with Crippen molar-refractivity contribution in [1.82, 2.24) is 4.57 Å². The van der Waals surface area contributed by atoms with Gasteiger partial charge in [-0.05, 0) is 54.8 Å². The molecule has 0 aliphatic carbocycles. The van der Waals surface area contributed by atoms with Crippen molar-refractivity contribution >= 4 is 34.1 Å². The lowest BCUT2D eigenvalue weighted by molar-refractivity contribution is 0.0992. The minimum absolute atomic E-state index is 0.00543. The number of halogens is 1. The largest absolute Gasteiger partial charge is 0.495 e. The third kappa shape index (κ3) is 3.87. The van der Waals surface area contributed by atoms with Crippen molar-refractivity contribution in [2.45, 2.75) is 33.2 Å². The highest BCUT2D eigenvalue weighted by Gasteiger charge is 2.18. The summed E-state index contributed by atoms with van der Waals surface area (Å²) < 4.78 is 6.97. The van der Waals surface area contributed by atoms with Crippen LogP contribution in [0, 0.1) is 0 Å². The van der Waals surface area contributed by atoms with Crippen molar-refractivity contribution in [2.24, 2.45) is 0 Å². The van der Waals surface area contributed by atoms with Crippen LogP contribution in [-0.4, -0.2) is 24.6 Å². The summed E-state index contributed by atoms with van der Waals surface area (Å²) >= 11 is 6.07. The van der Waals surface area contributed by atoms with Crippen LogP contribution in [0.1, 0.15) is 42.6 Å². The van der Waals surface area contributed by atoms with Crippen molar-refractivity contribution in [1.29, 1.82) is 0 Å². The number of ether oxygens (including phenoxy) is 1. The molecular weight excluding hydrogens is 388 g/mol. The van der Waals surface area contributed by atoms with Gasteiger partial charge in [0.1, 0.15) is 5.75 Å².